The van der Waals surface area contributed by atoms with Gasteiger partial charge in [-0.25, -0.2) is 9.78 Å². The number of carbonyl (C=O) groups is 1. The number of piperidine rings is 1. The highest BCUT2D eigenvalue weighted by atomic mass is 16.4. The molecule has 0 aromatic carbocycles. The fourth-order valence-electron chi connectivity index (χ4n) is 2.29. The van der Waals surface area contributed by atoms with Gasteiger partial charge < -0.3 is 15.7 Å². The van der Waals surface area contributed by atoms with Gasteiger partial charge in [-0.3, -0.25) is 0 Å². The molecule has 0 saturated carbocycles. The lowest BCUT2D eigenvalue weighted by atomic mass is 9.90. The van der Waals surface area contributed by atoms with Crippen LogP contribution in [0.3, 0.4) is 0 Å². The van der Waals surface area contributed by atoms with E-state index in [1.54, 1.807) is 12.1 Å². The van der Waals surface area contributed by atoms with Crippen molar-refractivity contribution in [2.24, 2.45) is 0 Å². The normalized spacial score (nSPS) is 16.9. The van der Waals surface area contributed by atoms with Crippen LogP contribution in [0.1, 0.15) is 49.7 Å². The first-order valence-electron chi connectivity index (χ1n) is 7.09. The van der Waals surface area contributed by atoms with Gasteiger partial charge in [0.2, 0.25) is 0 Å². The Hall–Kier alpha value is -1.62. The maximum absolute atomic E-state index is 11.3. The molecule has 0 spiro atoms. The summed E-state index contributed by atoms with van der Waals surface area (Å²) in [6.07, 6.45) is 2.06. The first-order valence-corrected chi connectivity index (χ1v) is 7.09. The van der Waals surface area contributed by atoms with Gasteiger partial charge in [0.05, 0.1) is 5.56 Å². The Morgan fingerprint density at radius 1 is 1.35 bits per heavy atom. The molecule has 0 bridgehead atoms. The maximum atomic E-state index is 11.3. The van der Waals surface area contributed by atoms with Gasteiger partial charge in [0.25, 0.3) is 0 Å². The largest absolute Gasteiger partial charge is 0.478 e. The molecular formula is C15H23N3O2. The Balaban J connectivity index is 2.26. The van der Waals surface area contributed by atoms with Crippen molar-refractivity contribution in [3.63, 3.8) is 0 Å². The topological polar surface area (TPSA) is 74.2 Å². The summed E-state index contributed by atoms with van der Waals surface area (Å²) in [5.41, 5.74) is 0.922. The van der Waals surface area contributed by atoms with Crippen molar-refractivity contribution in [3.8, 4) is 0 Å². The zero-order chi connectivity index (χ0) is 14.8. The number of hydrogen-bond donors (Lipinski definition) is 3. The first kappa shape index (κ1) is 14.8. The van der Waals surface area contributed by atoms with Gasteiger partial charge in [0, 0.05) is 17.2 Å². The van der Waals surface area contributed by atoms with E-state index in [-0.39, 0.29) is 5.41 Å². The minimum atomic E-state index is -0.911. The number of aromatic carboxylic acids is 1. The highest BCUT2D eigenvalue weighted by molar-refractivity contribution is 5.88. The average Bonchev–Trinajstić information content (AvgIpc) is 2.38. The van der Waals surface area contributed by atoms with Crippen molar-refractivity contribution in [2.75, 3.05) is 18.4 Å². The summed E-state index contributed by atoms with van der Waals surface area (Å²) in [4.78, 5) is 15.8. The van der Waals surface area contributed by atoms with Crippen LogP contribution in [0, 0.1) is 0 Å². The summed E-state index contributed by atoms with van der Waals surface area (Å²) in [5, 5.41) is 15.9. The van der Waals surface area contributed by atoms with Crippen molar-refractivity contribution in [2.45, 2.75) is 45.1 Å². The number of pyridine rings is 1. The summed E-state index contributed by atoms with van der Waals surface area (Å²) < 4.78 is 0. The van der Waals surface area contributed by atoms with Crippen molar-refractivity contribution >= 4 is 11.8 Å². The van der Waals surface area contributed by atoms with E-state index in [1.807, 2.05) is 20.8 Å². The Bertz CT molecular complexity index is 488. The summed E-state index contributed by atoms with van der Waals surface area (Å²) in [6.45, 7) is 8.09. The highest BCUT2D eigenvalue weighted by Gasteiger charge is 2.20. The second-order valence-corrected chi connectivity index (χ2v) is 6.35. The Labute approximate surface area is 119 Å². The van der Waals surface area contributed by atoms with Crippen LogP contribution in [0.25, 0.3) is 0 Å². The number of rotatable bonds is 3. The molecule has 3 N–H and O–H groups in total. The Morgan fingerprint density at radius 3 is 2.55 bits per heavy atom. The van der Waals surface area contributed by atoms with E-state index in [1.165, 1.54) is 0 Å². The van der Waals surface area contributed by atoms with Crippen molar-refractivity contribution < 1.29 is 9.90 Å². The third-order valence-corrected chi connectivity index (χ3v) is 3.53. The molecule has 0 atom stereocenters. The molecule has 1 aromatic heterocycles. The second-order valence-electron chi connectivity index (χ2n) is 6.35. The molecule has 1 saturated heterocycles. The van der Waals surface area contributed by atoms with E-state index in [4.69, 9.17) is 0 Å². The third kappa shape index (κ3) is 3.70. The number of carboxylic acids is 1. The number of nitrogens with one attached hydrogen (secondary N) is 2. The molecule has 2 heterocycles. The Kier molecular flexibility index (Phi) is 4.28. The molecule has 1 aliphatic heterocycles. The molecule has 0 amide bonds. The molecule has 0 aliphatic carbocycles. The lowest BCUT2D eigenvalue weighted by Gasteiger charge is -2.25. The average molecular weight is 277 g/mol. The van der Waals surface area contributed by atoms with E-state index in [0.29, 0.717) is 17.4 Å². The molecule has 5 heteroatoms. The predicted octanol–water partition coefficient (Wildman–Crippen LogP) is 2.24. The van der Waals surface area contributed by atoms with Gasteiger partial charge in [-0.05, 0) is 38.1 Å². The quantitative estimate of drug-likeness (QED) is 0.790. The van der Waals surface area contributed by atoms with Crippen molar-refractivity contribution in [1.82, 2.24) is 10.3 Å². The predicted molar refractivity (Wildman–Crippen MR) is 79.4 cm³/mol. The van der Waals surface area contributed by atoms with E-state index < -0.39 is 5.97 Å². The van der Waals surface area contributed by atoms with Gasteiger partial charge in [-0.15, -0.1) is 0 Å². The fourth-order valence-corrected chi connectivity index (χ4v) is 2.29. The molecule has 1 fully saturated rings. The monoisotopic (exact) mass is 277 g/mol. The number of nitrogens with zero attached hydrogens (tertiary/aromatic N) is 1. The molecule has 5 nitrogen and oxygen atoms in total. The SMILES string of the molecule is CC(C)(C)c1cc(C(=O)O)cc(NC2CCNCC2)n1. The van der Waals surface area contributed by atoms with Crippen LogP contribution in [0.5, 0.6) is 0 Å². The number of aromatic nitrogens is 1. The molecule has 0 radical (unpaired) electrons. The summed E-state index contributed by atoms with van der Waals surface area (Å²) in [7, 11) is 0. The van der Waals surface area contributed by atoms with Crippen LogP contribution < -0.4 is 10.6 Å². The van der Waals surface area contributed by atoms with Gasteiger partial charge >= 0.3 is 5.97 Å². The molecule has 110 valence electrons. The number of carboxylic acid groups (broad SMARTS) is 1. The minimum Gasteiger partial charge on any atom is -0.478 e. The summed E-state index contributed by atoms with van der Waals surface area (Å²) in [6, 6.07) is 3.65. The minimum absolute atomic E-state index is 0.171. The van der Waals surface area contributed by atoms with Crippen LogP contribution in [0.15, 0.2) is 12.1 Å². The van der Waals surface area contributed by atoms with Gasteiger partial charge in [-0.2, -0.15) is 0 Å². The molecule has 2 rings (SSSR count). The van der Waals surface area contributed by atoms with Crippen LogP contribution in [-0.2, 0) is 5.41 Å². The molecule has 20 heavy (non-hydrogen) atoms. The van der Waals surface area contributed by atoms with Gasteiger partial charge in [0.1, 0.15) is 5.82 Å². The Morgan fingerprint density at radius 2 is 2.00 bits per heavy atom. The first-order chi connectivity index (χ1) is 9.36. The zero-order valence-corrected chi connectivity index (χ0v) is 12.4. The second kappa shape index (κ2) is 5.79. The smallest absolute Gasteiger partial charge is 0.335 e. The lowest BCUT2D eigenvalue weighted by Crippen LogP contribution is -2.35. The fraction of sp³-hybridized carbons (Fsp3) is 0.600. The summed E-state index contributed by atoms with van der Waals surface area (Å²) >= 11 is 0. The van der Waals surface area contributed by atoms with Crippen molar-refractivity contribution in [3.05, 3.63) is 23.4 Å². The van der Waals surface area contributed by atoms with Crippen LogP contribution >= 0.6 is 0 Å². The zero-order valence-electron chi connectivity index (χ0n) is 12.4. The highest BCUT2D eigenvalue weighted by Crippen LogP contribution is 2.24. The third-order valence-electron chi connectivity index (χ3n) is 3.53. The lowest BCUT2D eigenvalue weighted by molar-refractivity contribution is 0.0696. The van der Waals surface area contributed by atoms with E-state index >= 15 is 0 Å². The summed E-state index contributed by atoms with van der Waals surface area (Å²) in [5.74, 6) is -0.243. The van der Waals surface area contributed by atoms with Crippen LogP contribution in [0.4, 0.5) is 5.82 Å². The van der Waals surface area contributed by atoms with Gasteiger partial charge in [0.15, 0.2) is 0 Å². The van der Waals surface area contributed by atoms with Crippen LogP contribution in [0.2, 0.25) is 0 Å². The molecule has 0 unspecified atom stereocenters. The van der Waals surface area contributed by atoms with E-state index in [9.17, 15) is 9.90 Å². The van der Waals surface area contributed by atoms with Gasteiger partial charge in [-0.1, -0.05) is 20.8 Å². The molecule has 1 aromatic rings. The van der Waals surface area contributed by atoms with Crippen LogP contribution in [-0.4, -0.2) is 35.2 Å². The standard InChI is InChI=1S/C15H23N3O2/c1-15(2,3)12-8-10(14(19)20)9-13(18-12)17-11-4-6-16-7-5-11/h8-9,11,16H,4-7H2,1-3H3,(H,17,18)(H,19,20). The molecule has 1 aliphatic rings. The number of anilines is 1. The number of hydrogen-bond acceptors (Lipinski definition) is 4. The van der Waals surface area contributed by atoms with E-state index in [0.717, 1.165) is 31.6 Å². The van der Waals surface area contributed by atoms with E-state index in [2.05, 4.69) is 15.6 Å². The van der Waals surface area contributed by atoms with Crippen molar-refractivity contribution in [1.29, 1.82) is 0 Å². The maximum Gasteiger partial charge on any atom is 0.335 e. The molecular weight excluding hydrogens is 254 g/mol.